The van der Waals surface area contributed by atoms with Gasteiger partial charge in [0.25, 0.3) is 0 Å². The quantitative estimate of drug-likeness (QED) is 0.752. The summed E-state index contributed by atoms with van der Waals surface area (Å²) < 4.78 is 5.72. The van der Waals surface area contributed by atoms with Crippen molar-refractivity contribution in [2.45, 2.75) is 59.5 Å². The predicted octanol–water partition coefficient (Wildman–Crippen LogP) is 2.49. The number of allylic oxidation sites excluding steroid dienone is 1. The SMILES string of the molecule is CC1=C(C(=O)O[C@@H]2C[C@H](C(C)C)CC[C@H]2C)[C@@H](CC(=O)O)C(=O)N1. The van der Waals surface area contributed by atoms with E-state index in [9.17, 15) is 14.4 Å². The molecule has 0 aromatic rings. The van der Waals surface area contributed by atoms with E-state index in [1.54, 1.807) is 6.92 Å². The number of ether oxygens (including phenoxy) is 1. The number of carbonyl (C=O) groups is 3. The van der Waals surface area contributed by atoms with Gasteiger partial charge >= 0.3 is 11.9 Å². The minimum Gasteiger partial charge on any atom is -0.481 e. The smallest absolute Gasteiger partial charge is 0.336 e. The fraction of sp³-hybridized carbons (Fsp3) is 0.722. The summed E-state index contributed by atoms with van der Waals surface area (Å²) in [6.07, 6.45) is 2.38. The number of amides is 1. The molecular formula is C18H27NO5. The van der Waals surface area contributed by atoms with Crippen LogP contribution < -0.4 is 5.32 Å². The van der Waals surface area contributed by atoms with Crippen molar-refractivity contribution >= 4 is 17.8 Å². The molecule has 134 valence electrons. The number of carboxylic acid groups (broad SMARTS) is 1. The van der Waals surface area contributed by atoms with E-state index in [1.165, 1.54) is 0 Å². The third kappa shape index (κ3) is 3.97. The molecule has 0 radical (unpaired) electrons. The Morgan fingerprint density at radius 3 is 2.58 bits per heavy atom. The van der Waals surface area contributed by atoms with Crippen LogP contribution in [-0.2, 0) is 19.1 Å². The molecule has 1 heterocycles. The first-order valence-electron chi connectivity index (χ1n) is 8.65. The Morgan fingerprint density at radius 1 is 1.33 bits per heavy atom. The Hall–Kier alpha value is -1.85. The molecule has 0 saturated heterocycles. The number of rotatable bonds is 5. The van der Waals surface area contributed by atoms with E-state index in [0.717, 1.165) is 19.3 Å². The number of hydrogen-bond donors (Lipinski definition) is 2. The summed E-state index contributed by atoms with van der Waals surface area (Å²) in [6.45, 7) is 8.03. The van der Waals surface area contributed by atoms with Gasteiger partial charge in [0.2, 0.25) is 5.91 Å². The van der Waals surface area contributed by atoms with Crippen LogP contribution in [0.1, 0.15) is 53.4 Å². The van der Waals surface area contributed by atoms with Crippen LogP contribution in [0.15, 0.2) is 11.3 Å². The number of carboxylic acids is 1. The van der Waals surface area contributed by atoms with Crippen LogP contribution in [-0.4, -0.2) is 29.1 Å². The molecule has 1 aliphatic heterocycles. The number of esters is 1. The van der Waals surface area contributed by atoms with Gasteiger partial charge in [0, 0.05) is 5.70 Å². The summed E-state index contributed by atoms with van der Waals surface area (Å²) in [4.78, 5) is 35.5. The lowest BCUT2D eigenvalue weighted by atomic mass is 9.76. The van der Waals surface area contributed by atoms with E-state index in [1.807, 2.05) is 0 Å². The normalized spacial score (nSPS) is 30.5. The zero-order valence-corrected chi connectivity index (χ0v) is 14.8. The van der Waals surface area contributed by atoms with E-state index in [2.05, 4.69) is 26.1 Å². The second-order valence-electron chi connectivity index (χ2n) is 7.42. The largest absolute Gasteiger partial charge is 0.481 e. The molecule has 6 heteroatoms. The van der Waals surface area contributed by atoms with Gasteiger partial charge in [-0.05, 0) is 43.9 Å². The van der Waals surface area contributed by atoms with Crippen LogP contribution in [0.25, 0.3) is 0 Å². The average molecular weight is 337 g/mol. The standard InChI is InChI=1S/C18H27NO5/c1-9(2)12-6-5-10(3)14(7-12)24-18(23)16-11(4)19-17(22)13(16)8-15(20)21/h9-10,12-14H,5-8H2,1-4H3,(H,19,22)(H,20,21)/t10-,12-,13-,14-/m1/s1. The fourth-order valence-corrected chi connectivity index (χ4v) is 3.68. The summed E-state index contributed by atoms with van der Waals surface area (Å²) in [7, 11) is 0. The van der Waals surface area contributed by atoms with Crippen molar-refractivity contribution in [3.8, 4) is 0 Å². The minimum absolute atomic E-state index is 0.168. The van der Waals surface area contributed by atoms with Gasteiger partial charge in [0.05, 0.1) is 17.9 Å². The van der Waals surface area contributed by atoms with Crippen LogP contribution in [0, 0.1) is 23.7 Å². The van der Waals surface area contributed by atoms with Crippen LogP contribution in [0.2, 0.25) is 0 Å². The molecule has 0 bridgehead atoms. The highest BCUT2D eigenvalue weighted by Gasteiger charge is 2.40. The molecule has 24 heavy (non-hydrogen) atoms. The van der Waals surface area contributed by atoms with Gasteiger partial charge in [0.1, 0.15) is 6.10 Å². The Labute approximate surface area is 142 Å². The first-order chi connectivity index (χ1) is 11.2. The molecule has 0 unspecified atom stereocenters. The summed E-state index contributed by atoms with van der Waals surface area (Å²) in [5, 5.41) is 11.5. The molecule has 1 amide bonds. The molecule has 1 saturated carbocycles. The van der Waals surface area contributed by atoms with E-state index >= 15 is 0 Å². The molecule has 2 rings (SSSR count). The summed E-state index contributed by atoms with van der Waals surface area (Å²) in [6, 6.07) is 0. The maximum atomic E-state index is 12.6. The highest BCUT2D eigenvalue weighted by atomic mass is 16.5. The van der Waals surface area contributed by atoms with Gasteiger partial charge < -0.3 is 15.2 Å². The Balaban J connectivity index is 2.11. The molecule has 2 aliphatic rings. The molecule has 1 fully saturated rings. The molecule has 0 spiro atoms. The van der Waals surface area contributed by atoms with Gasteiger partial charge in [-0.3, -0.25) is 9.59 Å². The van der Waals surface area contributed by atoms with Crippen molar-refractivity contribution in [1.29, 1.82) is 0 Å². The lowest BCUT2D eigenvalue weighted by Crippen LogP contribution is -2.35. The van der Waals surface area contributed by atoms with E-state index in [-0.39, 0.29) is 17.6 Å². The number of carbonyl (C=O) groups excluding carboxylic acids is 2. The van der Waals surface area contributed by atoms with E-state index < -0.39 is 30.2 Å². The predicted molar refractivity (Wildman–Crippen MR) is 87.8 cm³/mol. The zero-order chi connectivity index (χ0) is 18.0. The van der Waals surface area contributed by atoms with Crippen molar-refractivity contribution in [3.05, 3.63) is 11.3 Å². The zero-order valence-electron chi connectivity index (χ0n) is 14.8. The topological polar surface area (TPSA) is 92.7 Å². The molecule has 0 aromatic carbocycles. The monoisotopic (exact) mass is 337 g/mol. The highest BCUT2D eigenvalue weighted by molar-refractivity contribution is 6.03. The molecule has 0 aromatic heterocycles. The lowest BCUT2D eigenvalue weighted by molar-refractivity contribution is -0.151. The van der Waals surface area contributed by atoms with Crippen molar-refractivity contribution in [3.63, 3.8) is 0 Å². The van der Waals surface area contributed by atoms with Crippen LogP contribution in [0.4, 0.5) is 0 Å². The molecular weight excluding hydrogens is 310 g/mol. The van der Waals surface area contributed by atoms with Crippen LogP contribution >= 0.6 is 0 Å². The molecule has 6 nitrogen and oxygen atoms in total. The molecule has 2 N–H and O–H groups in total. The van der Waals surface area contributed by atoms with Crippen molar-refractivity contribution in [2.24, 2.45) is 23.7 Å². The van der Waals surface area contributed by atoms with Crippen molar-refractivity contribution < 1.29 is 24.2 Å². The first-order valence-corrected chi connectivity index (χ1v) is 8.65. The number of nitrogens with one attached hydrogen (secondary N) is 1. The third-order valence-corrected chi connectivity index (χ3v) is 5.34. The number of hydrogen-bond acceptors (Lipinski definition) is 4. The third-order valence-electron chi connectivity index (χ3n) is 5.34. The molecule has 4 atom stereocenters. The Kier molecular flexibility index (Phi) is 5.67. The van der Waals surface area contributed by atoms with Crippen LogP contribution in [0.5, 0.6) is 0 Å². The van der Waals surface area contributed by atoms with Gasteiger partial charge in [-0.2, -0.15) is 0 Å². The van der Waals surface area contributed by atoms with Gasteiger partial charge in [0.15, 0.2) is 0 Å². The van der Waals surface area contributed by atoms with Crippen molar-refractivity contribution in [1.82, 2.24) is 5.32 Å². The Bertz CT molecular complexity index is 566. The first kappa shape index (κ1) is 18.5. The van der Waals surface area contributed by atoms with E-state index in [0.29, 0.717) is 17.5 Å². The van der Waals surface area contributed by atoms with Gasteiger partial charge in [-0.25, -0.2) is 4.79 Å². The summed E-state index contributed by atoms with van der Waals surface area (Å²) in [5.41, 5.74) is 0.571. The summed E-state index contributed by atoms with van der Waals surface area (Å²) in [5.74, 6) is -1.75. The maximum absolute atomic E-state index is 12.6. The number of aliphatic carboxylic acids is 1. The second kappa shape index (κ2) is 7.36. The van der Waals surface area contributed by atoms with Crippen molar-refractivity contribution in [2.75, 3.05) is 0 Å². The second-order valence-corrected chi connectivity index (χ2v) is 7.42. The van der Waals surface area contributed by atoms with Gasteiger partial charge in [-0.15, -0.1) is 0 Å². The highest BCUT2D eigenvalue weighted by Crippen LogP contribution is 2.36. The Morgan fingerprint density at radius 2 is 2.00 bits per heavy atom. The fourth-order valence-electron chi connectivity index (χ4n) is 3.68. The lowest BCUT2D eigenvalue weighted by Gasteiger charge is -2.35. The maximum Gasteiger partial charge on any atom is 0.336 e. The summed E-state index contributed by atoms with van der Waals surface area (Å²) >= 11 is 0. The minimum atomic E-state index is -1.11. The average Bonchev–Trinajstić information content (AvgIpc) is 2.74. The van der Waals surface area contributed by atoms with Gasteiger partial charge in [-0.1, -0.05) is 20.8 Å². The van der Waals surface area contributed by atoms with Crippen LogP contribution in [0.3, 0.4) is 0 Å². The molecule has 1 aliphatic carbocycles. The van der Waals surface area contributed by atoms with E-state index in [4.69, 9.17) is 9.84 Å².